The van der Waals surface area contributed by atoms with E-state index in [1.165, 1.54) is 20.6 Å². The van der Waals surface area contributed by atoms with E-state index >= 15 is 0 Å². The second-order valence-electron chi connectivity index (χ2n) is 2.48. The monoisotopic (exact) mass is 203 g/mol. The van der Waals surface area contributed by atoms with Crippen molar-refractivity contribution in [2.24, 2.45) is 0 Å². The maximum Gasteiger partial charge on any atom is 1.59 e. The molecular weight excluding hydrogens is 188 g/mol. The maximum absolute atomic E-state index is 4.67. The van der Waals surface area contributed by atoms with E-state index in [0.29, 0.717) is 12.1 Å². The predicted octanol–water partition coefficient (Wildman–Crippen LogP) is -0.873. The van der Waals surface area contributed by atoms with E-state index in [9.17, 15) is 0 Å². The van der Waals surface area contributed by atoms with Gasteiger partial charge in [-0.25, -0.2) is 0 Å². The number of nitrogens with one attached hydrogen (secondary N) is 1. The van der Waals surface area contributed by atoms with Crippen molar-refractivity contribution in [3.05, 3.63) is 0 Å². The summed E-state index contributed by atoms with van der Waals surface area (Å²) in [5.74, 6) is 0. The van der Waals surface area contributed by atoms with E-state index in [1.807, 2.05) is 0 Å². The Morgan fingerprint density at radius 3 is 1.18 bits per heavy atom. The molecule has 11 heavy (non-hydrogen) atoms. The van der Waals surface area contributed by atoms with Gasteiger partial charge in [0.15, 0.2) is 0 Å². The van der Waals surface area contributed by atoms with Crippen LogP contribution in [0.4, 0.5) is 0 Å². The standard InChI is InChI=1S/C6H15N.2ClH.Li.Mg/c1-5(2)7-6(3)4;;;;/h5-7H,1-4H3;2*1H;;/q;;;+1;+3/p-1. The van der Waals surface area contributed by atoms with Crippen molar-refractivity contribution < 1.29 is 18.9 Å². The molecule has 5 heteroatoms. The molecule has 0 aromatic carbocycles. The van der Waals surface area contributed by atoms with Crippen molar-refractivity contribution in [1.29, 1.82) is 0 Å². The third-order valence-electron chi connectivity index (χ3n) is 0.667. The Labute approximate surface area is 105 Å². The van der Waals surface area contributed by atoms with Crippen LogP contribution in [0.2, 0.25) is 0 Å². The number of hydrogen-bond donors (Lipinski definition) is 1. The van der Waals surface area contributed by atoms with E-state index in [2.05, 4.69) is 42.1 Å². The van der Waals surface area contributed by atoms with Gasteiger partial charge in [0.1, 0.15) is 0 Å². The van der Waals surface area contributed by atoms with Crippen molar-refractivity contribution >= 4 is 42.1 Å². The van der Waals surface area contributed by atoms with Crippen LogP contribution >= 0.6 is 21.5 Å². The molecule has 1 N–H and O–H groups in total. The first-order valence-corrected chi connectivity index (χ1v) is 5.29. The normalized spacial score (nSPS) is 7.64. The van der Waals surface area contributed by atoms with Crippen LogP contribution in [0.15, 0.2) is 0 Å². The van der Waals surface area contributed by atoms with Gasteiger partial charge in [-0.1, -0.05) is 27.7 Å². The summed E-state index contributed by atoms with van der Waals surface area (Å²) in [6.07, 6.45) is 0. The molecule has 1 nitrogen and oxygen atoms in total. The van der Waals surface area contributed by atoms with Gasteiger partial charge in [-0.05, 0) is 0 Å². The second kappa shape index (κ2) is 17.9. The smallest absolute Gasteiger partial charge is 0.312 e. The van der Waals surface area contributed by atoms with E-state index in [4.69, 9.17) is 0 Å². The molecule has 0 saturated carbocycles. The van der Waals surface area contributed by atoms with Gasteiger partial charge in [0.2, 0.25) is 0 Å². The van der Waals surface area contributed by atoms with Crippen molar-refractivity contribution in [3.63, 3.8) is 0 Å². The van der Waals surface area contributed by atoms with Gasteiger partial charge >= 0.3 is 48.5 Å². The molecule has 59 valence electrons. The Balaban J connectivity index is -0.0000000564. The first-order valence-electron chi connectivity index (χ1n) is 3.15. The van der Waals surface area contributed by atoms with E-state index in [0.717, 1.165) is 0 Å². The zero-order chi connectivity index (χ0) is 7.86. The minimum absolute atomic E-state index is 0. The van der Waals surface area contributed by atoms with Crippen LogP contribution in [0.5, 0.6) is 0 Å². The number of hydrogen-bond acceptors (Lipinski definition) is 1. The molecule has 0 unspecified atom stereocenters. The fourth-order valence-corrected chi connectivity index (χ4v) is 0.667. The van der Waals surface area contributed by atoms with Crippen molar-refractivity contribution in [1.82, 2.24) is 5.32 Å². The molecule has 0 aliphatic carbocycles. The topological polar surface area (TPSA) is 12.0 Å². The van der Waals surface area contributed by atoms with Gasteiger partial charge < -0.3 is 5.32 Å². The van der Waals surface area contributed by atoms with Gasteiger partial charge in [-0.15, -0.1) is 12.4 Å². The molecule has 0 aromatic heterocycles. The van der Waals surface area contributed by atoms with Gasteiger partial charge in [0.25, 0.3) is 0 Å². The zero-order valence-electron chi connectivity index (χ0n) is 8.15. The van der Waals surface area contributed by atoms with Crippen LogP contribution < -0.4 is 24.2 Å². The van der Waals surface area contributed by atoms with E-state index in [1.54, 1.807) is 0 Å². The van der Waals surface area contributed by atoms with Crippen molar-refractivity contribution in [2.45, 2.75) is 39.8 Å². The van der Waals surface area contributed by atoms with Crippen LogP contribution in [-0.4, -0.2) is 32.7 Å². The van der Waals surface area contributed by atoms with Gasteiger partial charge in [-0.2, -0.15) is 0 Å². The minimum Gasteiger partial charge on any atom is -0.312 e. The zero-order valence-corrected chi connectivity index (χ0v) is 11.1. The summed E-state index contributed by atoms with van der Waals surface area (Å²) in [6.45, 7) is 8.61. The summed E-state index contributed by atoms with van der Waals surface area (Å²) >= 11 is 1.33. The third-order valence-corrected chi connectivity index (χ3v) is 0.667. The Morgan fingerprint density at radius 1 is 1.00 bits per heavy atom. The fourth-order valence-electron chi connectivity index (χ4n) is 0.667. The second-order valence-corrected chi connectivity index (χ2v) is 2.48. The molecule has 0 atom stereocenters. The molecule has 0 rings (SSSR count). The molecule has 0 saturated heterocycles. The Kier molecular flexibility index (Phi) is 37.4. The summed E-state index contributed by atoms with van der Waals surface area (Å²) < 4.78 is 0. The minimum atomic E-state index is 0. The summed E-state index contributed by atoms with van der Waals surface area (Å²) in [5.41, 5.74) is 0. The first-order chi connectivity index (χ1) is 4.13. The quantitative estimate of drug-likeness (QED) is 0.577. The molecule has 7 radical (unpaired) electrons. The van der Waals surface area contributed by atoms with Gasteiger partial charge in [0, 0.05) is 12.1 Å². The molecule has 0 heterocycles. The molecule has 0 bridgehead atoms. The summed E-state index contributed by atoms with van der Waals surface area (Å²) in [7, 11) is 4.67. The molecule has 0 aliphatic heterocycles. The summed E-state index contributed by atoms with van der Waals surface area (Å²) in [6, 6.07) is 1.25. The molecule has 0 fully saturated rings. The third kappa shape index (κ3) is 33.5. The van der Waals surface area contributed by atoms with Crippen molar-refractivity contribution in [2.75, 3.05) is 0 Å². The molecule has 0 amide bonds. The van der Waals surface area contributed by atoms with E-state index in [-0.39, 0.29) is 31.3 Å². The van der Waals surface area contributed by atoms with Gasteiger partial charge in [-0.3, -0.25) is 0 Å². The molecular formula is C6H16Cl2LiMgN+3. The Bertz CT molecular complexity index is 49.8. The molecule has 0 aliphatic rings. The van der Waals surface area contributed by atoms with Crippen LogP contribution in [0.25, 0.3) is 0 Å². The average molecular weight is 204 g/mol. The summed E-state index contributed by atoms with van der Waals surface area (Å²) in [4.78, 5) is 0. The predicted molar refractivity (Wildman–Crippen MR) is 52.3 cm³/mol. The van der Waals surface area contributed by atoms with Crippen LogP contribution in [0.1, 0.15) is 27.7 Å². The maximum atomic E-state index is 4.67. The number of rotatable bonds is 2. The van der Waals surface area contributed by atoms with E-state index < -0.39 is 0 Å². The molecule has 0 spiro atoms. The van der Waals surface area contributed by atoms with Crippen LogP contribution in [0, 0.1) is 0 Å². The average Bonchev–Trinajstić information content (AvgIpc) is 1.68. The fraction of sp³-hybridized carbons (Fsp3) is 1.00. The van der Waals surface area contributed by atoms with Crippen molar-refractivity contribution in [3.8, 4) is 0 Å². The molecule has 0 aromatic rings. The summed E-state index contributed by atoms with van der Waals surface area (Å²) in [5, 5.41) is 3.31. The van der Waals surface area contributed by atoms with Crippen LogP contribution in [0.3, 0.4) is 0 Å². The number of halogens is 2. The SMILES string of the molecule is CC(C)NC(C)C.Cl.[Li+].[Mg+2][Cl]. The van der Waals surface area contributed by atoms with Crippen LogP contribution in [-0.2, 0) is 0 Å². The Morgan fingerprint density at radius 2 is 1.18 bits per heavy atom. The van der Waals surface area contributed by atoms with Gasteiger partial charge in [0.05, 0.1) is 0 Å². The Hall–Kier alpha value is 1.90. The largest absolute Gasteiger partial charge is 1.59 e. The first kappa shape index (κ1) is 23.1.